The molecule has 1 rings (SSSR count). The maximum absolute atomic E-state index is 11.8. The summed E-state index contributed by atoms with van der Waals surface area (Å²) < 4.78 is 5.00. The molecule has 0 fully saturated rings. The van der Waals surface area contributed by atoms with Gasteiger partial charge < -0.3 is 10.1 Å². The van der Waals surface area contributed by atoms with E-state index in [9.17, 15) is 4.79 Å². The molecule has 1 amide bonds. The number of amides is 1. The van der Waals surface area contributed by atoms with E-state index in [2.05, 4.69) is 21.2 Å². The van der Waals surface area contributed by atoms with Crippen molar-refractivity contribution in [2.75, 3.05) is 19.0 Å². The number of halogens is 1. The van der Waals surface area contributed by atoms with Crippen LogP contribution in [0.5, 0.6) is 0 Å². The maximum atomic E-state index is 11.8. The van der Waals surface area contributed by atoms with E-state index in [1.807, 2.05) is 18.4 Å². The summed E-state index contributed by atoms with van der Waals surface area (Å²) in [4.78, 5) is 12.6. The van der Waals surface area contributed by atoms with Gasteiger partial charge in [0.25, 0.3) is 5.91 Å². The van der Waals surface area contributed by atoms with Crippen LogP contribution in [-0.2, 0) is 4.74 Å². The Hall–Kier alpha value is -0.390. The number of thiophene rings is 1. The standard InChI is InChI=1S/C10H14BrNO2S/c1-7-3-4-15-9(7)10(13)12-8(5-11)6-14-2/h3-4,8H,5-6H2,1-2H3,(H,12,13). The molecule has 1 N–H and O–H groups in total. The summed E-state index contributed by atoms with van der Waals surface area (Å²) in [6.45, 7) is 2.45. The Bertz CT molecular complexity index is 327. The highest BCUT2D eigenvalue weighted by molar-refractivity contribution is 9.09. The van der Waals surface area contributed by atoms with Crippen LogP contribution in [0.2, 0.25) is 0 Å². The van der Waals surface area contributed by atoms with E-state index < -0.39 is 0 Å². The summed E-state index contributed by atoms with van der Waals surface area (Å²) >= 11 is 4.80. The third kappa shape index (κ3) is 3.59. The lowest BCUT2D eigenvalue weighted by atomic mass is 10.2. The van der Waals surface area contributed by atoms with Crippen LogP contribution in [0.15, 0.2) is 11.4 Å². The van der Waals surface area contributed by atoms with Gasteiger partial charge in [0.05, 0.1) is 17.5 Å². The molecular formula is C10H14BrNO2S. The van der Waals surface area contributed by atoms with Crippen LogP contribution in [0.25, 0.3) is 0 Å². The molecule has 1 aromatic rings. The SMILES string of the molecule is COCC(CBr)NC(=O)c1sccc1C. The van der Waals surface area contributed by atoms with Crippen LogP contribution in [0.3, 0.4) is 0 Å². The number of methoxy groups -OCH3 is 1. The number of alkyl halides is 1. The molecule has 15 heavy (non-hydrogen) atoms. The number of hydrogen-bond donors (Lipinski definition) is 1. The van der Waals surface area contributed by atoms with Gasteiger partial charge in [0.15, 0.2) is 0 Å². The van der Waals surface area contributed by atoms with E-state index in [0.717, 1.165) is 10.4 Å². The van der Waals surface area contributed by atoms with Gasteiger partial charge in [-0.1, -0.05) is 15.9 Å². The van der Waals surface area contributed by atoms with Gasteiger partial charge in [0.1, 0.15) is 0 Å². The highest BCUT2D eigenvalue weighted by atomic mass is 79.9. The molecular weight excluding hydrogens is 278 g/mol. The second-order valence-electron chi connectivity index (χ2n) is 3.21. The van der Waals surface area contributed by atoms with Crippen molar-refractivity contribution in [3.8, 4) is 0 Å². The lowest BCUT2D eigenvalue weighted by molar-refractivity contribution is 0.0911. The van der Waals surface area contributed by atoms with Crippen molar-refractivity contribution in [1.82, 2.24) is 5.32 Å². The van der Waals surface area contributed by atoms with Gasteiger partial charge >= 0.3 is 0 Å². The molecule has 3 nitrogen and oxygen atoms in total. The third-order valence-electron chi connectivity index (χ3n) is 1.96. The van der Waals surface area contributed by atoms with Crippen molar-refractivity contribution in [2.45, 2.75) is 13.0 Å². The second-order valence-corrected chi connectivity index (χ2v) is 4.78. The summed E-state index contributed by atoms with van der Waals surface area (Å²) in [6, 6.07) is 1.96. The van der Waals surface area contributed by atoms with Crippen LogP contribution in [0.4, 0.5) is 0 Å². The van der Waals surface area contributed by atoms with E-state index in [1.165, 1.54) is 11.3 Å². The largest absolute Gasteiger partial charge is 0.383 e. The Morgan fingerprint density at radius 3 is 2.93 bits per heavy atom. The predicted molar refractivity (Wildman–Crippen MR) is 66.0 cm³/mol. The summed E-state index contributed by atoms with van der Waals surface area (Å²) in [5, 5.41) is 5.52. The van der Waals surface area contributed by atoms with E-state index in [0.29, 0.717) is 11.9 Å². The number of nitrogens with one attached hydrogen (secondary N) is 1. The van der Waals surface area contributed by atoms with Gasteiger partial charge in [-0.25, -0.2) is 0 Å². The molecule has 1 heterocycles. The zero-order valence-corrected chi connectivity index (χ0v) is 11.2. The summed E-state index contributed by atoms with van der Waals surface area (Å²) in [6.07, 6.45) is 0. The van der Waals surface area contributed by atoms with Crippen molar-refractivity contribution in [3.63, 3.8) is 0 Å². The molecule has 0 aliphatic heterocycles. The van der Waals surface area contributed by atoms with Crippen LogP contribution >= 0.6 is 27.3 Å². The fourth-order valence-electron chi connectivity index (χ4n) is 1.18. The van der Waals surface area contributed by atoms with Gasteiger partial charge in [-0.3, -0.25) is 4.79 Å². The minimum atomic E-state index is -0.0241. The van der Waals surface area contributed by atoms with Crippen LogP contribution in [0.1, 0.15) is 15.2 Å². The molecule has 5 heteroatoms. The first-order chi connectivity index (χ1) is 7.19. The molecule has 0 spiro atoms. The molecule has 0 aliphatic carbocycles. The van der Waals surface area contributed by atoms with Crippen molar-refractivity contribution in [1.29, 1.82) is 0 Å². The number of ether oxygens (including phenoxy) is 1. The lowest BCUT2D eigenvalue weighted by Crippen LogP contribution is -2.39. The highest BCUT2D eigenvalue weighted by Gasteiger charge is 2.14. The summed E-state index contributed by atoms with van der Waals surface area (Å²) in [5.74, 6) is -0.0241. The Balaban J connectivity index is 2.58. The monoisotopic (exact) mass is 291 g/mol. The molecule has 0 aromatic carbocycles. The minimum Gasteiger partial charge on any atom is -0.383 e. The van der Waals surface area contributed by atoms with E-state index in [-0.39, 0.29) is 11.9 Å². The molecule has 1 aromatic heterocycles. The minimum absolute atomic E-state index is 0.0176. The van der Waals surface area contributed by atoms with Gasteiger partial charge in [0.2, 0.25) is 0 Å². The first-order valence-corrected chi connectivity index (χ1v) is 6.59. The van der Waals surface area contributed by atoms with Crippen LogP contribution in [0, 0.1) is 6.92 Å². The first kappa shape index (κ1) is 12.7. The number of carbonyl (C=O) groups is 1. The van der Waals surface area contributed by atoms with E-state index in [4.69, 9.17) is 4.74 Å². The van der Waals surface area contributed by atoms with Crippen LogP contribution in [-0.4, -0.2) is 31.0 Å². The number of rotatable bonds is 5. The Labute approximate surface area is 102 Å². The van der Waals surface area contributed by atoms with Crippen molar-refractivity contribution in [3.05, 3.63) is 21.9 Å². The quantitative estimate of drug-likeness (QED) is 0.845. The number of hydrogen-bond acceptors (Lipinski definition) is 3. The van der Waals surface area contributed by atoms with E-state index in [1.54, 1.807) is 7.11 Å². The lowest BCUT2D eigenvalue weighted by Gasteiger charge is -2.14. The van der Waals surface area contributed by atoms with Crippen molar-refractivity contribution >= 4 is 33.2 Å². The molecule has 0 bridgehead atoms. The number of aryl methyl sites for hydroxylation is 1. The Kier molecular flexibility index (Phi) is 5.28. The second kappa shape index (κ2) is 6.25. The molecule has 1 atom stereocenters. The highest BCUT2D eigenvalue weighted by Crippen LogP contribution is 2.15. The first-order valence-electron chi connectivity index (χ1n) is 4.59. The van der Waals surface area contributed by atoms with Gasteiger partial charge in [-0.05, 0) is 23.9 Å². The third-order valence-corrected chi connectivity index (χ3v) is 3.75. The van der Waals surface area contributed by atoms with Crippen molar-refractivity contribution in [2.24, 2.45) is 0 Å². The Morgan fingerprint density at radius 2 is 2.47 bits per heavy atom. The zero-order chi connectivity index (χ0) is 11.3. The molecule has 0 saturated heterocycles. The topological polar surface area (TPSA) is 38.3 Å². The summed E-state index contributed by atoms with van der Waals surface area (Å²) in [7, 11) is 1.62. The maximum Gasteiger partial charge on any atom is 0.261 e. The molecule has 84 valence electrons. The summed E-state index contributed by atoms with van der Waals surface area (Å²) in [5.41, 5.74) is 1.02. The average molecular weight is 292 g/mol. The molecule has 0 radical (unpaired) electrons. The fraction of sp³-hybridized carbons (Fsp3) is 0.500. The predicted octanol–water partition coefficient (Wildman–Crippen LogP) is 2.20. The van der Waals surface area contributed by atoms with Gasteiger partial charge in [0, 0.05) is 12.4 Å². The van der Waals surface area contributed by atoms with Gasteiger partial charge in [-0.2, -0.15) is 0 Å². The fourth-order valence-corrected chi connectivity index (χ4v) is 2.36. The zero-order valence-electron chi connectivity index (χ0n) is 8.75. The normalized spacial score (nSPS) is 12.5. The average Bonchev–Trinajstić information content (AvgIpc) is 2.63. The van der Waals surface area contributed by atoms with Gasteiger partial charge in [-0.15, -0.1) is 11.3 Å². The smallest absolute Gasteiger partial charge is 0.261 e. The number of carbonyl (C=O) groups excluding carboxylic acids is 1. The van der Waals surface area contributed by atoms with E-state index >= 15 is 0 Å². The Morgan fingerprint density at radius 1 is 1.73 bits per heavy atom. The molecule has 0 aliphatic rings. The van der Waals surface area contributed by atoms with Crippen molar-refractivity contribution < 1.29 is 9.53 Å². The van der Waals surface area contributed by atoms with Crippen LogP contribution < -0.4 is 5.32 Å². The molecule has 0 saturated carbocycles. The molecule has 1 unspecified atom stereocenters.